The maximum absolute atomic E-state index is 12.0. The van der Waals surface area contributed by atoms with Crippen molar-refractivity contribution in [3.8, 4) is 11.5 Å². The van der Waals surface area contributed by atoms with E-state index in [1.807, 2.05) is 0 Å². The van der Waals surface area contributed by atoms with Gasteiger partial charge in [0.15, 0.2) is 18.1 Å². The molecule has 0 spiro atoms. The zero-order valence-corrected chi connectivity index (χ0v) is 12.6. The summed E-state index contributed by atoms with van der Waals surface area (Å²) in [6.07, 6.45) is 7.06. The molecule has 0 aliphatic heterocycles. The number of benzene rings is 1. The second kappa shape index (κ2) is 7.76. The average Bonchev–Trinajstić information content (AvgIpc) is 2.74. The minimum Gasteiger partial charge on any atom is -0.493 e. The molecule has 0 unspecified atom stereocenters. The predicted molar refractivity (Wildman–Crippen MR) is 82.5 cm³/mol. The lowest BCUT2D eigenvalue weighted by Gasteiger charge is -2.17. The van der Waals surface area contributed by atoms with Crippen LogP contribution in [0.15, 0.2) is 18.2 Å². The van der Waals surface area contributed by atoms with Crippen LogP contribution in [-0.2, 0) is 4.79 Å². The summed E-state index contributed by atoms with van der Waals surface area (Å²) in [5.74, 6) is 0.987. The van der Waals surface area contributed by atoms with Crippen molar-refractivity contribution in [2.75, 3.05) is 19.5 Å². The Labute approximate surface area is 125 Å². The van der Waals surface area contributed by atoms with E-state index in [-0.39, 0.29) is 18.6 Å². The second-order valence-electron chi connectivity index (χ2n) is 5.45. The lowest BCUT2D eigenvalue weighted by Crippen LogP contribution is -2.37. The number of nitrogen functional groups attached to an aromatic ring is 1. The van der Waals surface area contributed by atoms with Crippen molar-refractivity contribution in [3.63, 3.8) is 0 Å². The number of carbonyl (C=O) groups excluding carboxylic acids is 1. The molecule has 1 aromatic rings. The van der Waals surface area contributed by atoms with Gasteiger partial charge in [-0.2, -0.15) is 0 Å². The molecule has 1 aliphatic rings. The molecule has 1 amide bonds. The quantitative estimate of drug-likeness (QED) is 0.646. The molecule has 0 bridgehead atoms. The van der Waals surface area contributed by atoms with E-state index in [1.165, 1.54) is 25.7 Å². The van der Waals surface area contributed by atoms with Crippen LogP contribution >= 0.6 is 0 Å². The molecule has 0 saturated heterocycles. The number of nitrogens with two attached hydrogens (primary N) is 1. The van der Waals surface area contributed by atoms with Gasteiger partial charge in [0.2, 0.25) is 0 Å². The smallest absolute Gasteiger partial charge is 0.258 e. The van der Waals surface area contributed by atoms with Crippen LogP contribution in [0.2, 0.25) is 0 Å². The Morgan fingerprint density at radius 3 is 2.62 bits per heavy atom. The first kappa shape index (κ1) is 15.5. The number of anilines is 1. The summed E-state index contributed by atoms with van der Waals surface area (Å²) in [7, 11) is 1.55. The third-order valence-electron chi connectivity index (χ3n) is 3.77. The zero-order chi connectivity index (χ0) is 15.1. The van der Waals surface area contributed by atoms with Gasteiger partial charge in [-0.15, -0.1) is 0 Å². The maximum atomic E-state index is 12.0. The minimum absolute atomic E-state index is 0.00320. The highest BCUT2D eigenvalue weighted by Gasteiger charge is 2.15. The monoisotopic (exact) mass is 292 g/mol. The first-order valence-electron chi connectivity index (χ1n) is 7.54. The van der Waals surface area contributed by atoms with Crippen LogP contribution < -0.4 is 20.5 Å². The molecule has 2 rings (SSSR count). The van der Waals surface area contributed by atoms with E-state index in [9.17, 15) is 4.79 Å². The Morgan fingerprint density at radius 2 is 1.95 bits per heavy atom. The van der Waals surface area contributed by atoms with Crippen LogP contribution in [0.4, 0.5) is 5.69 Å². The van der Waals surface area contributed by atoms with Crippen LogP contribution in [0, 0.1) is 0 Å². The maximum Gasteiger partial charge on any atom is 0.258 e. The highest BCUT2D eigenvalue weighted by molar-refractivity contribution is 5.78. The first-order chi connectivity index (χ1) is 10.2. The highest BCUT2D eigenvalue weighted by atomic mass is 16.5. The van der Waals surface area contributed by atoms with Gasteiger partial charge in [0.1, 0.15) is 0 Å². The van der Waals surface area contributed by atoms with E-state index in [0.29, 0.717) is 17.2 Å². The summed E-state index contributed by atoms with van der Waals surface area (Å²) in [5.41, 5.74) is 6.28. The van der Waals surface area contributed by atoms with E-state index in [1.54, 1.807) is 25.3 Å². The van der Waals surface area contributed by atoms with Crippen molar-refractivity contribution in [2.45, 2.75) is 44.6 Å². The number of nitrogens with one attached hydrogen (secondary N) is 1. The Balaban J connectivity index is 1.83. The molecule has 1 aliphatic carbocycles. The van der Waals surface area contributed by atoms with Gasteiger partial charge in [-0.05, 0) is 25.0 Å². The van der Waals surface area contributed by atoms with Crippen molar-refractivity contribution in [1.29, 1.82) is 0 Å². The van der Waals surface area contributed by atoms with E-state index in [0.717, 1.165) is 12.8 Å². The van der Waals surface area contributed by atoms with Gasteiger partial charge in [0, 0.05) is 17.8 Å². The average molecular weight is 292 g/mol. The van der Waals surface area contributed by atoms with E-state index < -0.39 is 0 Å². The molecule has 0 radical (unpaired) electrons. The fraction of sp³-hybridized carbons (Fsp3) is 0.562. The van der Waals surface area contributed by atoms with E-state index in [2.05, 4.69) is 5.32 Å². The van der Waals surface area contributed by atoms with E-state index >= 15 is 0 Å². The van der Waals surface area contributed by atoms with Gasteiger partial charge in [0.25, 0.3) is 5.91 Å². The fourth-order valence-electron chi connectivity index (χ4n) is 2.64. The predicted octanol–water partition coefficient (Wildman–Crippen LogP) is 2.50. The van der Waals surface area contributed by atoms with Crippen molar-refractivity contribution < 1.29 is 14.3 Å². The summed E-state index contributed by atoms with van der Waals surface area (Å²) in [5, 5.41) is 3.05. The third kappa shape index (κ3) is 4.85. The second-order valence-corrected chi connectivity index (χ2v) is 5.45. The first-order valence-corrected chi connectivity index (χ1v) is 7.54. The standard InChI is InChI=1S/C16H24N2O3/c1-20-15-10-12(17)8-9-14(15)21-11-16(19)18-13-6-4-2-3-5-7-13/h8-10,13H,2-7,11,17H2,1H3,(H,18,19). The summed E-state index contributed by atoms with van der Waals surface area (Å²) in [6, 6.07) is 5.41. The van der Waals surface area contributed by atoms with Crippen LogP contribution in [0.1, 0.15) is 38.5 Å². The number of methoxy groups -OCH3 is 1. The summed E-state index contributed by atoms with van der Waals surface area (Å²) in [4.78, 5) is 12.0. The number of hydrogen-bond acceptors (Lipinski definition) is 4. The molecule has 5 nitrogen and oxygen atoms in total. The Kier molecular flexibility index (Phi) is 5.72. The Bertz CT molecular complexity index is 469. The fourth-order valence-corrected chi connectivity index (χ4v) is 2.64. The largest absolute Gasteiger partial charge is 0.493 e. The van der Waals surface area contributed by atoms with Gasteiger partial charge in [-0.3, -0.25) is 4.79 Å². The summed E-state index contributed by atoms with van der Waals surface area (Å²) < 4.78 is 10.7. The van der Waals surface area contributed by atoms with Crippen LogP contribution in [0.25, 0.3) is 0 Å². The molecular formula is C16H24N2O3. The molecule has 1 fully saturated rings. The van der Waals surface area contributed by atoms with Crippen LogP contribution in [0.5, 0.6) is 11.5 Å². The lowest BCUT2D eigenvalue weighted by molar-refractivity contribution is -0.123. The van der Waals surface area contributed by atoms with Crippen molar-refractivity contribution in [1.82, 2.24) is 5.32 Å². The number of rotatable bonds is 5. The molecule has 5 heteroatoms. The minimum atomic E-state index is -0.0826. The number of amides is 1. The lowest BCUT2D eigenvalue weighted by atomic mass is 10.1. The molecule has 3 N–H and O–H groups in total. The molecule has 1 aromatic carbocycles. The van der Waals surface area contributed by atoms with Crippen molar-refractivity contribution in [2.24, 2.45) is 0 Å². The molecule has 0 atom stereocenters. The molecular weight excluding hydrogens is 268 g/mol. The molecule has 0 aromatic heterocycles. The van der Waals surface area contributed by atoms with Gasteiger partial charge < -0.3 is 20.5 Å². The summed E-state index contributed by atoms with van der Waals surface area (Å²) in [6.45, 7) is -0.00320. The molecule has 0 heterocycles. The van der Waals surface area contributed by atoms with Crippen molar-refractivity contribution in [3.05, 3.63) is 18.2 Å². The van der Waals surface area contributed by atoms with Gasteiger partial charge in [-0.25, -0.2) is 0 Å². The van der Waals surface area contributed by atoms with Crippen LogP contribution in [0.3, 0.4) is 0 Å². The number of carbonyl (C=O) groups is 1. The Morgan fingerprint density at radius 1 is 1.24 bits per heavy atom. The molecule has 21 heavy (non-hydrogen) atoms. The topological polar surface area (TPSA) is 73.6 Å². The molecule has 116 valence electrons. The molecule has 1 saturated carbocycles. The number of ether oxygens (including phenoxy) is 2. The van der Waals surface area contributed by atoms with Gasteiger partial charge in [-0.1, -0.05) is 25.7 Å². The highest BCUT2D eigenvalue weighted by Crippen LogP contribution is 2.28. The van der Waals surface area contributed by atoms with Gasteiger partial charge >= 0.3 is 0 Å². The van der Waals surface area contributed by atoms with Crippen molar-refractivity contribution >= 4 is 11.6 Å². The van der Waals surface area contributed by atoms with Gasteiger partial charge in [0.05, 0.1) is 7.11 Å². The normalized spacial score (nSPS) is 16.0. The SMILES string of the molecule is COc1cc(N)ccc1OCC(=O)NC1CCCCCC1. The third-order valence-corrected chi connectivity index (χ3v) is 3.77. The zero-order valence-electron chi connectivity index (χ0n) is 12.6. The van der Waals surface area contributed by atoms with E-state index in [4.69, 9.17) is 15.2 Å². The summed E-state index contributed by atoms with van der Waals surface area (Å²) >= 11 is 0. The Hall–Kier alpha value is -1.91. The number of hydrogen-bond donors (Lipinski definition) is 2. The van der Waals surface area contributed by atoms with Crippen LogP contribution in [-0.4, -0.2) is 25.7 Å².